The fourth-order valence-electron chi connectivity index (χ4n) is 3.67. The zero-order valence-corrected chi connectivity index (χ0v) is 21.2. The maximum atomic E-state index is 13.1. The van der Waals surface area contributed by atoms with Gasteiger partial charge in [-0.2, -0.15) is 4.31 Å². The molecule has 1 aliphatic heterocycles. The summed E-state index contributed by atoms with van der Waals surface area (Å²) in [7, 11) is -3.64. The Bertz CT molecular complexity index is 1270. The summed E-state index contributed by atoms with van der Waals surface area (Å²) >= 11 is 0. The van der Waals surface area contributed by atoms with Gasteiger partial charge in [-0.3, -0.25) is 10.1 Å². The Balaban J connectivity index is 1.40. The number of amides is 1. The number of aromatic nitrogens is 2. The average Bonchev–Trinajstić information content (AvgIpc) is 3.37. The first kappa shape index (κ1) is 25.6. The zero-order valence-electron chi connectivity index (χ0n) is 20.3. The number of carbonyl (C=O) groups excluding carboxylic acids is 1. The molecule has 0 saturated heterocycles. The molecule has 4 rings (SSSR count). The molecule has 1 aliphatic rings. The monoisotopic (exact) mass is 514 g/mol. The smallest absolute Gasteiger partial charge is 0.322 e. The molecule has 192 valence electrons. The Hall–Kier alpha value is -3.44. The molecule has 1 unspecified atom stereocenters. The van der Waals surface area contributed by atoms with E-state index in [1.807, 2.05) is 26.0 Å². The fraction of sp³-hybridized carbons (Fsp3) is 0.400. The molecule has 0 bridgehead atoms. The fourth-order valence-corrected chi connectivity index (χ4v) is 5.19. The maximum Gasteiger partial charge on any atom is 0.322 e. The summed E-state index contributed by atoms with van der Waals surface area (Å²) in [5.74, 6) is 0.858. The van der Waals surface area contributed by atoms with Crippen molar-refractivity contribution in [2.24, 2.45) is 0 Å². The van der Waals surface area contributed by atoms with E-state index in [1.54, 1.807) is 12.1 Å². The van der Waals surface area contributed by atoms with Crippen LogP contribution in [0.1, 0.15) is 61.9 Å². The Morgan fingerprint density at radius 2 is 1.67 bits per heavy atom. The van der Waals surface area contributed by atoms with Crippen molar-refractivity contribution in [3.8, 4) is 11.5 Å². The molecule has 1 aromatic heterocycles. The molecule has 36 heavy (non-hydrogen) atoms. The van der Waals surface area contributed by atoms with Gasteiger partial charge in [0.2, 0.25) is 16.1 Å². The summed E-state index contributed by atoms with van der Waals surface area (Å²) in [4.78, 5) is 12.8. The number of carbonyl (C=O) groups is 1. The lowest BCUT2D eigenvalue weighted by molar-refractivity contribution is 0.0716. The van der Waals surface area contributed by atoms with Crippen LogP contribution in [0.5, 0.6) is 11.5 Å². The molecule has 0 saturated carbocycles. The number of ether oxygens (including phenoxy) is 2. The van der Waals surface area contributed by atoms with Crippen molar-refractivity contribution in [3.63, 3.8) is 0 Å². The summed E-state index contributed by atoms with van der Waals surface area (Å²) in [6.07, 6.45) is 2.79. The van der Waals surface area contributed by atoms with E-state index in [2.05, 4.69) is 15.5 Å². The van der Waals surface area contributed by atoms with Crippen molar-refractivity contribution >= 4 is 21.9 Å². The number of unbranched alkanes of at least 4 members (excludes halogenated alkanes) is 2. The minimum Gasteiger partial charge on any atom is -0.485 e. The first-order valence-electron chi connectivity index (χ1n) is 12.1. The molecule has 1 atom stereocenters. The SMILES string of the molecule is CCCCN(CCCC)S(=O)(=O)c1ccc(C(=O)Nc2nnc(C3COc4ccccc4O3)o2)cc1. The Kier molecular flexibility index (Phi) is 8.21. The normalized spacial score (nSPS) is 15.1. The van der Waals surface area contributed by atoms with Gasteiger partial charge in [0.1, 0.15) is 6.61 Å². The van der Waals surface area contributed by atoms with Crippen molar-refractivity contribution in [2.75, 3.05) is 25.0 Å². The second kappa shape index (κ2) is 11.5. The van der Waals surface area contributed by atoms with Crippen LogP contribution in [0.4, 0.5) is 6.01 Å². The van der Waals surface area contributed by atoms with Crippen LogP contribution in [0.3, 0.4) is 0 Å². The third-order valence-corrected chi connectivity index (χ3v) is 7.63. The Morgan fingerprint density at radius 1 is 1.00 bits per heavy atom. The van der Waals surface area contributed by atoms with Gasteiger partial charge < -0.3 is 13.9 Å². The van der Waals surface area contributed by atoms with E-state index >= 15 is 0 Å². The molecular formula is C25H30N4O6S. The van der Waals surface area contributed by atoms with Gasteiger partial charge in [0.15, 0.2) is 11.5 Å². The molecular weight excluding hydrogens is 484 g/mol. The van der Waals surface area contributed by atoms with Gasteiger partial charge in [-0.1, -0.05) is 43.9 Å². The Morgan fingerprint density at radius 3 is 2.33 bits per heavy atom. The van der Waals surface area contributed by atoms with E-state index in [-0.39, 0.29) is 29.0 Å². The summed E-state index contributed by atoms with van der Waals surface area (Å²) in [6.45, 7) is 5.19. The number of nitrogens with zero attached hydrogens (tertiary/aromatic N) is 3. The predicted octanol–water partition coefficient (Wildman–Crippen LogP) is 4.43. The molecule has 1 N–H and O–H groups in total. The van der Waals surface area contributed by atoms with Gasteiger partial charge in [-0.05, 0) is 49.2 Å². The largest absolute Gasteiger partial charge is 0.485 e. The van der Waals surface area contributed by atoms with Gasteiger partial charge in [-0.15, -0.1) is 5.10 Å². The van der Waals surface area contributed by atoms with Crippen LogP contribution in [0, 0.1) is 0 Å². The molecule has 11 heteroatoms. The quantitative estimate of drug-likeness (QED) is 0.399. The second-order valence-electron chi connectivity index (χ2n) is 8.40. The number of hydrogen-bond donors (Lipinski definition) is 1. The van der Waals surface area contributed by atoms with E-state index in [4.69, 9.17) is 13.9 Å². The summed E-state index contributed by atoms with van der Waals surface area (Å²) in [5, 5.41) is 10.4. The topological polar surface area (TPSA) is 124 Å². The van der Waals surface area contributed by atoms with Crippen molar-refractivity contribution in [1.82, 2.24) is 14.5 Å². The van der Waals surface area contributed by atoms with Crippen LogP contribution in [-0.2, 0) is 10.0 Å². The van der Waals surface area contributed by atoms with Crippen molar-refractivity contribution < 1.29 is 27.1 Å². The van der Waals surface area contributed by atoms with Crippen molar-refractivity contribution in [2.45, 2.75) is 50.5 Å². The van der Waals surface area contributed by atoms with E-state index < -0.39 is 22.0 Å². The van der Waals surface area contributed by atoms with Gasteiger partial charge in [0, 0.05) is 18.7 Å². The number of nitrogens with one attached hydrogen (secondary N) is 1. The zero-order chi connectivity index (χ0) is 25.5. The third-order valence-electron chi connectivity index (χ3n) is 5.72. The lowest BCUT2D eigenvalue weighted by atomic mass is 10.2. The lowest BCUT2D eigenvalue weighted by Crippen LogP contribution is -2.33. The molecule has 3 aromatic rings. The number of rotatable bonds is 11. The first-order valence-corrected chi connectivity index (χ1v) is 13.5. The average molecular weight is 515 g/mol. The van der Waals surface area contributed by atoms with Crippen LogP contribution in [0.2, 0.25) is 0 Å². The minimum absolute atomic E-state index is 0.0977. The second-order valence-corrected chi connectivity index (χ2v) is 10.3. The highest BCUT2D eigenvalue weighted by molar-refractivity contribution is 7.89. The van der Waals surface area contributed by atoms with Gasteiger partial charge >= 0.3 is 6.01 Å². The number of sulfonamides is 1. The summed E-state index contributed by atoms with van der Waals surface area (Å²) in [6, 6.07) is 13.0. The summed E-state index contributed by atoms with van der Waals surface area (Å²) in [5.41, 5.74) is 0.258. The lowest BCUT2D eigenvalue weighted by Gasteiger charge is -2.23. The molecule has 2 aromatic carbocycles. The molecule has 0 radical (unpaired) electrons. The Labute approximate surface area is 210 Å². The van der Waals surface area contributed by atoms with Gasteiger partial charge in [0.05, 0.1) is 4.90 Å². The number of hydrogen-bond acceptors (Lipinski definition) is 8. The van der Waals surface area contributed by atoms with Crippen LogP contribution < -0.4 is 14.8 Å². The molecule has 0 fully saturated rings. The van der Waals surface area contributed by atoms with Crippen LogP contribution in [0.25, 0.3) is 0 Å². The van der Waals surface area contributed by atoms with Crippen LogP contribution in [0.15, 0.2) is 57.8 Å². The molecule has 10 nitrogen and oxygen atoms in total. The summed E-state index contributed by atoms with van der Waals surface area (Å²) < 4.78 is 44.8. The molecule has 0 aliphatic carbocycles. The number of anilines is 1. The molecule has 2 heterocycles. The molecule has 0 spiro atoms. The van der Waals surface area contributed by atoms with E-state index in [9.17, 15) is 13.2 Å². The number of fused-ring (bicyclic) bond motifs is 1. The highest BCUT2D eigenvalue weighted by Gasteiger charge is 2.28. The third kappa shape index (κ3) is 5.85. The standard InChI is InChI=1S/C25H30N4O6S/c1-3-5-15-29(16-6-4-2)36(31,32)19-13-11-18(12-14-19)23(30)26-25-28-27-24(35-25)22-17-33-20-9-7-8-10-21(20)34-22/h7-14,22H,3-6,15-17H2,1-2H3,(H,26,28,30). The van der Waals surface area contributed by atoms with Gasteiger partial charge in [-0.25, -0.2) is 8.42 Å². The van der Waals surface area contributed by atoms with Crippen molar-refractivity contribution in [1.29, 1.82) is 0 Å². The molecule has 1 amide bonds. The number of benzene rings is 2. The highest BCUT2D eigenvalue weighted by Crippen LogP contribution is 2.35. The van der Waals surface area contributed by atoms with E-state index in [0.29, 0.717) is 24.6 Å². The minimum atomic E-state index is -3.64. The van der Waals surface area contributed by atoms with E-state index in [1.165, 1.54) is 28.6 Å². The van der Waals surface area contributed by atoms with E-state index in [0.717, 1.165) is 25.7 Å². The first-order chi connectivity index (χ1) is 17.4. The van der Waals surface area contributed by atoms with Crippen molar-refractivity contribution in [3.05, 3.63) is 60.0 Å². The highest BCUT2D eigenvalue weighted by atomic mass is 32.2. The predicted molar refractivity (Wildman–Crippen MR) is 133 cm³/mol. The van der Waals surface area contributed by atoms with Gasteiger partial charge in [0.25, 0.3) is 11.8 Å². The maximum absolute atomic E-state index is 13.1. The number of para-hydroxylation sites is 2. The van der Waals surface area contributed by atoms with Crippen LogP contribution in [-0.4, -0.2) is 48.5 Å². The van der Waals surface area contributed by atoms with Crippen LogP contribution >= 0.6 is 0 Å².